The summed E-state index contributed by atoms with van der Waals surface area (Å²) < 4.78 is 13.4. The first-order valence-electron chi connectivity index (χ1n) is 5.02. The Bertz CT molecular complexity index is 428. The molecule has 0 fully saturated rings. The molecule has 2 amide bonds. The highest BCUT2D eigenvalue weighted by molar-refractivity contribution is 5.98. The molecule has 3 N–H and O–H groups in total. The van der Waals surface area contributed by atoms with Gasteiger partial charge < -0.3 is 15.7 Å². The second-order valence-electron chi connectivity index (χ2n) is 3.42. The average molecular weight is 240 g/mol. The molecule has 0 spiro atoms. The van der Waals surface area contributed by atoms with E-state index in [0.29, 0.717) is 0 Å². The van der Waals surface area contributed by atoms with Crippen LogP contribution in [0.25, 0.3) is 0 Å². The van der Waals surface area contributed by atoms with E-state index in [0.717, 1.165) is 11.0 Å². The van der Waals surface area contributed by atoms with Crippen LogP contribution in [0.5, 0.6) is 5.75 Å². The summed E-state index contributed by atoms with van der Waals surface area (Å²) in [5, 5.41) is 9.44. The van der Waals surface area contributed by atoms with Crippen molar-refractivity contribution in [1.82, 2.24) is 4.90 Å². The summed E-state index contributed by atoms with van der Waals surface area (Å²) >= 11 is 0. The monoisotopic (exact) mass is 240 g/mol. The van der Waals surface area contributed by atoms with Gasteiger partial charge in [0.2, 0.25) is 5.91 Å². The van der Waals surface area contributed by atoms with Crippen molar-refractivity contribution in [3.8, 4) is 5.75 Å². The quantitative estimate of drug-likeness (QED) is 0.802. The summed E-state index contributed by atoms with van der Waals surface area (Å²) in [5.41, 5.74) is 4.52. The van der Waals surface area contributed by atoms with Crippen molar-refractivity contribution in [1.29, 1.82) is 0 Å². The largest absolute Gasteiger partial charge is 0.507 e. The van der Waals surface area contributed by atoms with Crippen molar-refractivity contribution in [3.05, 3.63) is 29.6 Å². The standard InChI is InChI=1S/C11H13FN2O3/c1-2-14(6-9(13)16)11(17)10-7(12)4-3-5-8(10)15/h3-5,15H,2,6H2,1H3,(H2,13,16). The van der Waals surface area contributed by atoms with Crippen molar-refractivity contribution in [2.24, 2.45) is 5.73 Å². The number of phenolic OH excluding ortho intramolecular Hbond substituents is 1. The smallest absolute Gasteiger partial charge is 0.261 e. The van der Waals surface area contributed by atoms with Crippen molar-refractivity contribution in [2.75, 3.05) is 13.1 Å². The number of carbonyl (C=O) groups is 2. The molecule has 0 bridgehead atoms. The summed E-state index contributed by atoms with van der Waals surface area (Å²) in [6, 6.07) is 3.55. The van der Waals surface area contributed by atoms with Gasteiger partial charge in [0.1, 0.15) is 17.1 Å². The molecule has 0 saturated carbocycles. The predicted octanol–water partition coefficient (Wildman–Crippen LogP) is 0.479. The van der Waals surface area contributed by atoms with E-state index in [9.17, 15) is 19.1 Å². The number of phenols is 1. The number of nitrogens with two attached hydrogens (primary N) is 1. The van der Waals surface area contributed by atoms with Gasteiger partial charge in [0.05, 0.1) is 6.54 Å². The Kier molecular flexibility index (Phi) is 4.03. The molecule has 0 aliphatic carbocycles. The predicted molar refractivity (Wildman–Crippen MR) is 58.8 cm³/mol. The maximum atomic E-state index is 13.4. The molecular formula is C11H13FN2O3. The van der Waals surface area contributed by atoms with Crippen LogP contribution in [-0.2, 0) is 4.79 Å². The number of primary amides is 1. The van der Waals surface area contributed by atoms with E-state index in [1.54, 1.807) is 6.92 Å². The molecule has 0 atom stereocenters. The van der Waals surface area contributed by atoms with Crippen LogP contribution < -0.4 is 5.73 Å². The molecular weight excluding hydrogens is 227 g/mol. The van der Waals surface area contributed by atoms with Gasteiger partial charge in [-0.05, 0) is 19.1 Å². The number of amides is 2. The van der Waals surface area contributed by atoms with Gasteiger partial charge in [-0.1, -0.05) is 6.07 Å². The lowest BCUT2D eigenvalue weighted by Crippen LogP contribution is -2.38. The van der Waals surface area contributed by atoms with Gasteiger partial charge in [-0.2, -0.15) is 0 Å². The summed E-state index contributed by atoms with van der Waals surface area (Å²) in [6.07, 6.45) is 0. The van der Waals surface area contributed by atoms with Crippen LogP contribution >= 0.6 is 0 Å². The maximum absolute atomic E-state index is 13.4. The summed E-state index contributed by atoms with van der Waals surface area (Å²) in [6.45, 7) is 1.50. The Labute approximate surface area is 97.6 Å². The highest BCUT2D eigenvalue weighted by Crippen LogP contribution is 2.21. The fourth-order valence-electron chi connectivity index (χ4n) is 1.40. The first-order chi connectivity index (χ1) is 7.97. The molecule has 0 unspecified atom stereocenters. The number of carbonyl (C=O) groups excluding carboxylic acids is 2. The Morgan fingerprint density at radius 1 is 1.47 bits per heavy atom. The summed E-state index contributed by atoms with van der Waals surface area (Å²) in [7, 11) is 0. The van der Waals surface area contributed by atoms with Crippen molar-refractivity contribution in [2.45, 2.75) is 6.92 Å². The Morgan fingerprint density at radius 2 is 2.12 bits per heavy atom. The highest BCUT2D eigenvalue weighted by atomic mass is 19.1. The van der Waals surface area contributed by atoms with Gasteiger partial charge in [0, 0.05) is 6.54 Å². The van der Waals surface area contributed by atoms with Crippen molar-refractivity contribution < 1.29 is 19.1 Å². The van der Waals surface area contributed by atoms with Gasteiger partial charge in [0.25, 0.3) is 5.91 Å². The molecule has 1 aromatic carbocycles. The van der Waals surface area contributed by atoms with E-state index in [2.05, 4.69) is 0 Å². The fourth-order valence-corrected chi connectivity index (χ4v) is 1.40. The van der Waals surface area contributed by atoms with Crippen LogP contribution in [0.3, 0.4) is 0 Å². The molecule has 0 saturated heterocycles. The molecule has 6 heteroatoms. The van der Waals surface area contributed by atoms with Crippen LogP contribution in [0.1, 0.15) is 17.3 Å². The van der Waals surface area contributed by atoms with Crippen molar-refractivity contribution >= 4 is 11.8 Å². The first kappa shape index (κ1) is 13.0. The zero-order valence-corrected chi connectivity index (χ0v) is 9.31. The molecule has 0 radical (unpaired) electrons. The zero-order valence-electron chi connectivity index (χ0n) is 9.31. The number of halogens is 1. The third-order valence-electron chi connectivity index (χ3n) is 2.22. The van der Waals surface area contributed by atoms with E-state index >= 15 is 0 Å². The Morgan fingerprint density at radius 3 is 2.59 bits per heavy atom. The minimum atomic E-state index is -0.835. The fraction of sp³-hybridized carbons (Fsp3) is 0.273. The molecule has 0 aromatic heterocycles. The molecule has 5 nitrogen and oxygen atoms in total. The van der Waals surface area contributed by atoms with E-state index in [4.69, 9.17) is 5.73 Å². The number of nitrogens with zero attached hydrogens (tertiary/aromatic N) is 1. The van der Waals surface area contributed by atoms with E-state index in [1.165, 1.54) is 12.1 Å². The molecule has 1 rings (SSSR count). The minimum Gasteiger partial charge on any atom is -0.507 e. The van der Waals surface area contributed by atoms with E-state index < -0.39 is 28.9 Å². The lowest BCUT2D eigenvalue weighted by Gasteiger charge is -2.19. The van der Waals surface area contributed by atoms with Gasteiger partial charge >= 0.3 is 0 Å². The summed E-state index contributed by atoms with van der Waals surface area (Å²) in [5.74, 6) is -2.76. The zero-order chi connectivity index (χ0) is 13.0. The number of aromatic hydroxyl groups is 1. The third-order valence-corrected chi connectivity index (χ3v) is 2.22. The van der Waals surface area contributed by atoms with Gasteiger partial charge in [-0.25, -0.2) is 4.39 Å². The van der Waals surface area contributed by atoms with Gasteiger partial charge in [-0.15, -0.1) is 0 Å². The van der Waals surface area contributed by atoms with Crippen LogP contribution in [0, 0.1) is 5.82 Å². The molecule has 1 aromatic rings. The lowest BCUT2D eigenvalue weighted by molar-refractivity contribution is -0.118. The average Bonchev–Trinajstić information content (AvgIpc) is 2.25. The number of hydrogen-bond acceptors (Lipinski definition) is 3. The topological polar surface area (TPSA) is 83.6 Å². The normalized spacial score (nSPS) is 10.0. The Balaban J connectivity index is 3.06. The van der Waals surface area contributed by atoms with Gasteiger partial charge in [0.15, 0.2) is 0 Å². The van der Waals surface area contributed by atoms with Crippen LogP contribution in [0.4, 0.5) is 4.39 Å². The number of likely N-dealkylation sites (N-methyl/N-ethyl adjacent to an activating group) is 1. The molecule has 17 heavy (non-hydrogen) atoms. The Hall–Kier alpha value is -2.11. The van der Waals surface area contributed by atoms with Crippen LogP contribution in [0.15, 0.2) is 18.2 Å². The molecule has 0 aliphatic rings. The van der Waals surface area contributed by atoms with Crippen molar-refractivity contribution in [3.63, 3.8) is 0 Å². The number of hydrogen-bond donors (Lipinski definition) is 2. The molecule has 92 valence electrons. The van der Waals surface area contributed by atoms with Crippen LogP contribution in [-0.4, -0.2) is 34.9 Å². The van der Waals surface area contributed by atoms with E-state index in [-0.39, 0.29) is 13.1 Å². The summed E-state index contributed by atoms with van der Waals surface area (Å²) in [4.78, 5) is 23.7. The van der Waals surface area contributed by atoms with E-state index in [1.807, 2.05) is 0 Å². The minimum absolute atomic E-state index is 0.190. The third kappa shape index (κ3) is 2.93. The maximum Gasteiger partial charge on any atom is 0.261 e. The van der Waals surface area contributed by atoms with Gasteiger partial charge in [-0.3, -0.25) is 9.59 Å². The number of rotatable bonds is 4. The van der Waals surface area contributed by atoms with Crippen LogP contribution in [0.2, 0.25) is 0 Å². The molecule has 0 aliphatic heterocycles. The lowest BCUT2D eigenvalue weighted by atomic mass is 10.1. The highest BCUT2D eigenvalue weighted by Gasteiger charge is 2.22. The SMILES string of the molecule is CCN(CC(N)=O)C(=O)c1c(O)cccc1F. The first-order valence-corrected chi connectivity index (χ1v) is 5.02. The second kappa shape index (κ2) is 5.29. The molecule has 0 heterocycles. The second-order valence-corrected chi connectivity index (χ2v) is 3.42. The number of benzene rings is 1.